The molecule has 2 atom stereocenters. The van der Waals surface area contributed by atoms with Gasteiger partial charge in [0.15, 0.2) is 0 Å². The van der Waals surface area contributed by atoms with Gasteiger partial charge in [-0.3, -0.25) is 4.98 Å². The fourth-order valence-electron chi connectivity index (χ4n) is 2.75. The van der Waals surface area contributed by atoms with E-state index in [2.05, 4.69) is 42.2 Å². The number of pyridine rings is 1. The highest BCUT2D eigenvalue weighted by Crippen LogP contribution is 2.25. The van der Waals surface area contributed by atoms with Gasteiger partial charge in [0.05, 0.1) is 6.61 Å². The Labute approximate surface area is 128 Å². The molecule has 1 aromatic heterocycles. The quantitative estimate of drug-likeness (QED) is 0.729. The van der Waals surface area contributed by atoms with E-state index in [1.807, 2.05) is 18.3 Å². The molecule has 4 heteroatoms. The molecule has 1 fully saturated rings. The monoisotopic (exact) mass is 291 g/mol. The minimum Gasteiger partial charge on any atom is -0.394 e. The summed E-state index contributed by atoms with van der Waals surface area (Å²) >= 11 is 0. The van der Waals surface area contributed by atoms with Gasteiger partial charge in [0.2, 0.25) is 0 Å². The van der Waals surface area contributed by atoms with E-state index in [4.69, 9.17) is 0 Å². The maximum absolute atomic E-state index is 9.71. The van der Waals surface area contributed by atoms with Gasteiger partial charge in [0.1, 0.15) is 0 Å². The Hall–Kier alpha value is -0.970. The summed E-state index contributed by atoms with van der Waals surface area (Å²) < 4.78 is 0. The first-order valence-corrected chi connectivity index (χ1v) is 8.01. The first-order valence-electron chi connectivity index (χ1n) is 8.01. The molecule has 1 saturated carbocycles. The molecule has 1 aliphatic carbocycles. The molecule has 1 aliphatic rings. The van der Waals surface area contributed by atoms with Crippen LogP contribution in [-0.4, -0.2) is 52.8 Å². The maximum Gasteiger partial charge on any atom is 0.0611 e. The number of nitrogens with zero attached hydrogens (tertiary/aromatic N) is 2. The normalized spacial score (nSPS) is 19.5. The average molecular weight is 291 g/mol. The molecule has 2 unspecified atom stereocenters. The lowest BCUT2D eigenvalue weighted by atomic mass is 9.93. The van der Waals surface area contributed by atoms with Gasteiger partial charge in [-0.15, -0.1) is 0 Å². The standard InChI is InChI=1S/C17H29N3O/c1-14(12-17(2,13-21)19-16-7-8-16)20(3)11-9-15-6-4-5-10-18-15/h4-6,10,14,16,19,21H,7-9,11-13H2,1-3H3. The minimum atomic E-state index is -0.167. The van der Waals surface area contributed by atoms with Crippen molar-refractivity contribution in [2.24, 2.45) is 0 Å². The van der Waals surface area contributed by atoms with Crippen molar-refractivity contribution >= 4 is 0 Å². The largest absolute Gasteiger partial charge is 0.394 e. The van der Waals surface area contributed by atoms with Gasteiger partial charge in [0.25, 0.3) is 0 Å². The summed E-state index contributed by atoms with van der Waals surface area (Å²) in [7, 11) is 2.16. The number of aliphatic hydroxyl groups is 1. The summed E-state index contributed by atoms with van der Waals surface area (Å²) in [6.07, 6.45) is 6.27. The first kappa shape index (κ1) is 16.4. The van der Waals surface area contributed by atoms with E-state index in [-0.39, 0.29) is 12.1 Å². The third-order valence-electron chi connectivity index (χ3n) is 4.42. The average Bonchev–Trinajstić information content (AvgIpc) is 3.29. The third-order valence-corrected chi connectivity index (χ3v) is 4.42. The number of rotatable bonds is 9. The minimum absolute atomic E-state index is 0.167. The van der Waals surface area contributed by atoms with E-state index in [9.17, 15) is 5.11 Å². The molecule has 0 aliphatic heterocycles. The van der Waals surface area contributed by atoms with Crippen molar-refractivity contribution in [3.8, 4) is 0 Å². The molecule has 1 aromatic rings. The van der Waals surface area contributed by atoms with Crippen LogP contribution in [0, 0.1) is 0 Å². The van der Waals surface area contributed by atoms with Crippen molar-refractivity contribution in [2.45, 2.75) is 57.2 Å². The summed E-state index contributed by atoms with van der Waals surface area (Å²) in [6, 6.07) is 7.11. The van der Waals surface area contributed by atoms with Gasteiger partial charge in [-0.2, -0.15) is 0 Å². The van der Waals surface area contributed by atoms with Crippen molar-refractivity contribution in [1.82, 2.24) is 15.2 Å². The van der Waals surface area contributed by atoms with E-state index >= 15 is 0 Å². The Balaban J connectivity index is 1.79. The molecule has 0 bridgehead atoms. The second-order valence-electron chi connectivity index (χ2n) is 6.74. The van der Waals surface area contributed by atoms with Gasteiger partial charge in [-0.25, -0.2) is 0 Å². The number of aliphatic hydroxyl groups excluding tert-OH is 1. The molecule has 2 rings (SSSR count). The summed E-state index contributed by atoms with van der Waals surface area (Å²) in [6.45, 7) is 5.56. The van der Waals surface area contributed by atoms with Crippen molar-refractivity contribution in [3.63, 3.8) is 0 Å². The molecule has 1 heterocycles. The van der Waals surface area contributed by atoms with Crippen LogP contribution in [0.25, 0.3) is 0 Å². The zero-order valence-electron chi connectivity index (χ0n) is 13.5. The Morgan fingerprint density at radius 3 is 2.81 bits per heavy atom. The second-order valence-corrected chi connectivity index (χ2v) is 6.74. The van der Waals surface area contributed by atoms with Crippen LogP contribution in [0.1, 0.15) is 38.8 Å². The van der Waals surface area contributed by atoms with Crippen molar-refractivity contribution in [1.29, 1.82) is 0 Å². The molecule has 21 heavy (non-hydrogen) atoms. The highest BCUT2D eigenvalue weighted by atomic mass is 16.3. The highest BCUT2D eigenvalue weighted by Gasteiger charge is 2.33. The van der Waals surface area contributed by atoms with Gasteiger partial charge in [-0.05, 0) is 52.3 Å². The first-order chi connectivity index (χ1) is 10.0. The van der Waals surface area contributed by atoms with Crippen LogP contribution in [0.15, 0.2) is 24.4 Å². The molecule has 0 amide bonds. The Morgan fingerprint density at radius 2 is 2.24 bits per heavy atom. The van der Waals surface area contributed by atoms with Crippen LogP contribution < -0.4 is 5.32 Å². The fourth-order valence-corrected chi connectivity index (χ4v) is 2.75. The van der Waals surface area contributed by atoms with Gasteiger partial charge in [-0.1, -0.05) is 6.07 Å². The van der Waals surface area contributed by atoms with Gasteiger partial charge < -0.3 is 15.3 Å². The van der Waals surface area contributed by atoms with Crippen LogP contribution in [-0.2, 0) is 6.42 Å². The van der Waals surface area contributed by atoms with Gasteiger partial charge >= 0.3 is 0 Å². The van der Waals surface area contributed by atoms with E-state index in [1.54, 1.807) is 0 Å². The van der Waals surface area contributed by atoms with Crippen molar-refractivity contribution in [3.05, 3.63) is 30.1 Å². The molecule has 0 saturated heterocycles. The smallest absolute Gasteiger partial charge is 0.0611 e. The molecule has 0 radical (unpaired) electrons. The third kappa shape index (κ3) is 5.38. The topological polar surface area (TPSA) is 48.4 Å². The van der Waals surface area contributed by atoms with Crippen LogP contribution in [0.5, 0.6) is 0 Å². The second kappa shape index (κ2) is 7.34. The Bertz CT molecular complexity index is 421. The van der Waals surface area contributed by atoms with Crippen LogP contribution in [0.2, 0.25) is 0 Å². The lowest BCUT2D eigenvalue weighted by molar-refractivity contribution is 0.125. The number of likely N-dealkylation sites (N-methyl/N-ethyl adjacent to an activating group) is 1. The van der Waals surface area contributed by atoms with Crippen LogP contribution in [0.3, 0.4) is 0 Å². The lowest BCUT2D eigenvalue weighted by Crippen LogP contribution is -2.51. The molecule has 2 N–H and O–H groups in total. The van der Waals surface area contributed by atoms with E-state index in [0.29, 0.717) is 12.1 Å². The van der Waals surface area contributed by atoms with E-state index in [0.717, 1.165) is 25.1 Å². The van der Waals surface area contributed by atoms with Gasteiger partial charge in [0, 0.05) is 42.5 Å². The number of nitrogens with one attached hydrogen (secondary N) is 1. The number of aromatic nitrogens is 1. The predicted molar refractivity (Wildman–Crippen MR) is 86.3 cm³/mol. The van der Waals surface area contributed by atoms with Crippen molar-refractivity contribution < 1.29 is 5.11 Å². The molecule has 118 valence electrons. The molecular formula is C17H29N3O. The zero-order valence-corrected chi connectivity index (χ0v) is 13.5. The lowest BCUT2D eigenvalue weighted by Gasteiger charge is -2.35. The molecular weight excluding hydrogens is 262 g/mol. The highest BCUT2D eigenvalue weighted by molar-refractivity contribution is 5.04. The van der Waals surface area contributed by atoms with E-state index < -0.39 is 0 Å². The van der Waals surface area contributed by atoms with Crippen molar-refractivity contribution in [2.75, 3.05) is 20.2 Å². The summed E-state index contributed by atoms with van der Waals surface area (Å²) in [5, 5.41) is 13.3. The fraction of sp³-hybridized carbons (Fsp3) is 0.706. The molecule has 4 nitrogen and oxygen atoms in total. The molecule has 0 spiro atoms. The Kier molecular flexibility index (Phi) is 5.73. The summed E-state index contributed by atoms with van der Waals surface area (Å²) in [5.74, 6) is 0. The Morgan fingerprint density at radius 1 is 1.48 bits per heavy atom. The summed E-state index contributed by atoms with van der Waals surface area (Å²) in [4.78, 5) is 6.73. The number of hydrogen-bond acceptors (Lipinski definition) is 4. The predicted octanol–water partition coefficient (Wildman–Crippen LogP) is 1.84. The summed E-state index contributed by atoms with van der Waals surface area (Å²) in [5.41, 5.74) is 0.970. The SMILES string of the molecule is CC(CC(C)(CO)NC1CC1)N(C)CCc1ccccn1. The van der Waals surface area contributed by atoms with Crippen LogP contribution >= 0.6 is 0 Å². The zero-order chi connectivity index (χ0) is 15.3. The van der Waals surface area contributed by atoms with Crippen LogP contribution in [0.4, 0.5) is 0 Å². The molecule has 0 aromatic carbocycles. The number of hydrogen-bond donors (Lipinski definition) is 2. The van der Waals surface area contributed by atoms with E-state index in [1.165, 1.54) is 12.8 Å². The maximum atomic E-state index is 9.71.